The van der Waals surface area contributed by atoms with Crippen LogP contribution in [0.2, 0.25) is 0 Å². The van der Waals surface area contributed by atoms with Crippen LogP contribution < -0.4 is 4.31 Å². The number of sulfonamides is 1. The van der Waals surface area contributed by atoms with Crippen molar-refractivity contribution in [3.63, 3.8) is 0 Å². The number of rotatable bonds is 4. The van der Waals surface area contributed by atoms with Crippen LogP contribution in [0.3, 0.4) is 0 Å². The van der Waals surface area contributed by atoms with Crippen molar-refractivity contribution in [2.75, 3.05) is 24.4 Å². The molecule has 0 aromatic heterocycles. The maximum Gasteiger partial charge on any atom is 0.264 e. The highest BCUT2D eigenvalue weighted by Crippen LogP contribution is 2.25. The summed E-state index contributed by atoms with van der Waals surface area (Å²) >= 11 is 0. The lowest BCUT2D eigenvalue weighted by Gasteiger charge is -2.31. The SMILES string of the molecule is Cc1ccc(S(=O)(=O)N(C)c2cccc(C(=O)N3CCCC(C)C3)c2)cc1. The summed E-state index contributed by atoms with van der Waals surface area (Å²) < 4.78 is 27.0. The van der Waals surface area contributed by atoms with Crippen LogP contribution in [0.5, 0.6) is 0 Å². The van der Waals surface area contributed by atoms with Gasteiger partial charge in [-0.1, -0.05) is 30.7 Å². The van der Waals surface area contributed by atoms with Gasteiger partial charge in [-0.25, -0.2) is 8.42 Å². The molecule has 1 aliphatic heterocycles. The molecule has 1 atom stereocenters. The molecule has 5 nitrogen and oxygen atoms in total. The summed E-state index contributed by atoms with van der Waals surface area (Å²) in [4.78, 5) is 14.9. The maximum atomic E-state index is 12.9. The van der Waals surface area contributed by atoms with Crippen LogP contribution in [0.1, 0.15) is 35.7 Å². The largest absolute Gasteiger partial charge is 0.338 e. The van der Waals surface area contributed by atoms with Gasteiger partial charge in [0.25, 0.3) is 15.9 Å². The molecule has 0 spiro atoms. The Morgan fingerprint density at radius 3 is 2.52 bits per heavy atom. The lowest BCUT2D eigenvalue weighted by Crippen LogP contribution is -2.39. The van der Waals surface area contributed by atoms with E-state index in [1.54, 1.807) is 48.5 Å². The molecule has 0 N–H and O–H groups in total. The van der Waals surface area contributed by atoms with E-state index in [-0.39, 0.29) is 10.8 Å². The Hall–Kier alpha value is -2.34. The van der Waals surface area contributed by atoms with Gasteiger partial charge in [-0.05, 0) is 56.0 Å². The molecule has 1 unspecified atom stereocenters. The molecule has 1 saturated heterocycles. The van der Waals surface area contributed by atoms with Crippen LogP contribution >= 0.6 is 0 Å². The zero-order valence-corrected chi connectivity index (χ0v) is 16.9. The molecule has 1 aliphatic rings. The smallest absolute Gasteiger partial charge is 0.264 e. The highest BCUT2D eigenvalue weighted by molar-refractivity contribution is 7.92. The van der Waals surface area contributed by atoms with E-state index in [9.17, 15) is 13.2 Å². The van der Waals surface area contributed by atoms with Crippen LogP contribution in [0.25, 0.3) is 0 Å². The van der Waals surface area contributed by atoms with Gasteiger partial charge in [0.1, 0.15) is 0 Å². The average Bonchev–Trinajstić information content (AvgIpc) is 2.67. The minimum Gasteiger partial charge on any atom is -0.338 e. The van der Waals surface area contributed by atoms with Gasteiger partial charge in [0.2, 0.25) is 0 Å². The first-order chi connectivity index (χ1) is 12.8. The number of nitrogens with zero attached hydrogens (tertiary/aromatic N) is 2. The van der Waals surface area contributed by atoms with Gasteiger partial charge < -0.3 is 4.90 Å². The second-order valence-corrected chi connectivity index (χ2v) is 9.30. The van der Waals surface area contributed by atoms with E-state index in [0.717, 1.165) is 31.5 Å². The van der Waals surface area contributed by atoms with E-state index >= 15 is 0 Å². The van der Waals surface area contributed by atoms with E-state index in [1.165, 1.54) is 11.4 Å². The zero-order valence-electron chi connectivity index (χ0n) is 16.1. The fourth-order valence-electron chi connectivity index (χ4n) is 3.40. The molecule has 2 aromatic rings. The van der Waals surface area contributed by atoms with E-state index in [4.69, 9.17) is 0 Å². The summed E-state index contributed by atoms with van der Waals surface area (Å²) in [6.45, 7) is 5.57. The van der Waals surface area contributed by atoms with Crippen LogP contribution in [-0.2, 0) is 10.0 Å². The number of likely N-dealkylation sites (tertiary alicyclic amines) is 1. The van der Waals surface area contributed by atoms with Crippen LogP contribution in [-0.4, -0.2) is 39.4 Å². The second kappa shape index (κ2) is 7.72. The van der Waals surface area contributed by atoms with E-state index in [2.05, 4.69) is 6.92 Å². The van der Waals surface area contributed by atoms with E-state index in [0.29, 0.717) is 17.2 Å². The summed E-state index contributed by atoms with van der Waals surface area (Å²) in [6.07, 6.45) is 2.15. The standard InChI is InChI=1S/C21H26N2O3S/c1-16-9-11-20(12-10-16)27(25,26)22(3)19-8-4-7-18(14-19)21(24)23-13-5-6-17(2)15-23/h4,7-12,14,17H,5-6,13,15H2,1-3H3. The van der Waals surface area contributed by atoms with Gasteiger partial charge in [-0.15, -0.1) is 0 Å². The maximum absolute atomic E-state index is 12.9. The Kier molecular flexibility index (Phi) is 5.56. The molecule has 27 heavy (non-hydrogen) atoms. The molecule has 1 fully saturated rings. The summed E-state index contributed by atoms with van der Waals surface area (Å²) in [5.41, 5.74) is 2.00. The molecule has 0 bridgehead atoms. The Bertz CT molecular complexity index is 923. The molecule has 1 heterocycles. The normalized spacial score (nSPS) is 17.6. The first kappa shape index (κ1) is 19.4. The minimum atomic E-state index is -3.68. The van der Waals surface area contributed by atoms with Gasteiger partial charge >= 0.3 is 0 Å². The Morgan fingerprint density at radius 1 is 1.15 bits per heavy atom. The van der Waals surface area contributed by atoms with Gasteiger partial charge in [0, 0.05) is 25.7 Å². The Labute approximate surface area is 161 Å². The number of hydrogen-bond acceptors (Lipinski definition) is 3. The summed E-state index contributed by atoms with van der Waals surface area (Å²) in [5, 5.41) is 0. The molecule has 1 amide bonds. The van der Waals surface area contributed by atoms with Gasteiger partial charge in [-0.2, -0.15) is 0 Å². The van der Waals surface area contributed by atoms with E-state index in [1.807, 2.05) is 11.8 Å². The van der Waals surface area contributed by atoms with Crippen molar-refractivity contribution in [3.8, 4) is 0 Å². The van der Waals surface area contributed by atoms with Crippen molar-refractivity contribution >= 4 is 21.6 Å². The van der Waals surface area contributed by atoms with Crippen molar-refractivity contribution < 1.29 is 13.2 Å². The lowest BCUT2D eigenvalue weighted by atomic mass is 9.99. The number of benzene rings is 2. The third-order valence-electron chi connectivity index (χ3n) is 5.08. The van der Waals surface area contributed by atoms with Gasteiger partial charge in [0.15, 0.2) is 0 Å². The molecular formula is C21H26N2O3S. The molecule has 0 radical (unpaired) electrons. The van der Waals surface area contributed by atoms with Crippen molar-refractivity contribution in [2.24, 2.45) is 5.92 Å². The fourth-order valence-corrected chi connectivity index (χ4v) is 4.59. The third kappa shape index (κ3) is 4.16. The number of amides is 1. The first-order valence-corrected chi connectivity index (χ1v) is 10.7. The van der Waals surface area contributed by atoms with Crippen molar-refractivity contribution in [1.82, 2.24) is 4.90 Å². The topological polar surface area (TPSA) is 57.7 Å². The van der Waals surface area contributed by atoms with Gasteiger partial charge in [-0.3, -0.25) is 9.10 Å². The monoisotopic (exact) mass is 386 g/mol. The second-order valence-electron chi connectivity index (χ2n) is 7.33. The predicted octanol–water partition coefficient (Wildman–Crippen LogP) is 3.69. The molecular weight excluding hydrogens is 360 g/mol. The average molecular weight is 387 g/mol. The Balaban J connectivity index is 1.86. The van der Waals surface area contributed by atoms with Crippen molar-refractivity contribution in [1.29, 1.82) is 0 Å². The van der Waals surface area contributed by atoms with Crippen LogP contribution in [0.15, 0.2) is 53.4 Å². The number of aryl methyl sites for hydroxylation is 1. The Morgan fingerprint density at radius 2 is 1.85 bits per heavy atom. The zero-order chi connectivity index (χ0) is 19.6. The van der Waals surface area contributed by atoms with Crippen LogP contribution in [0, 0.1) is 12.8 Å². The molecule has 6 heteroatoms. The summed E-state index contributed by atoms with van der Waals surface area (Å²) in [7, 11) is -2.16. The number of hydrogen-bond donors (Lipinski definition) is 0. The van der Waals surface area contributed by atoms with E-state index < -0.39 is 10.0 Å². The molecule has 144 valence electrons. The van der Waals surface area contributed by atoms with Crippen molar-refractivity contribution in [2.45, 2.75) is 31.6 Å². The molecule has 3 rings (SSSR count). The number of carbonyl (C=O) groups excluding carboxylic acids is 1. The molecule has 2 aromatic carbocycles. The van der Waals surface area contributed by atoms with Crippen LogP contribution in [0.4, 0.5) is 5.69 Å². The number of anilines is 1. The minimum absolute atomic E-state index is 0.0375. The number of piperidine rings is 1. The van der Waals surface area contributed by atoms with Gasteiger partial charge in [0.05, 0.1) is 10.6 Å². The lowest BCUT2D eigenvalue weighted by molar-refractivity contribution is 0.0683. The number of carbonyl (C=O) groups is 1. The first-order valence-electron chi connectivity index (χ1n) is 9.24. The summed E-state index contributed by atoms with van der Waals surface area (Å²) in [6, 6.07) is 13.6. The molecule has 0 aliphatic carbocycles. The fraction of sp³-hybridized carbons (Fsp3) is 0.381. The predicted molar refractivity (Wildman–Crippen MR) is 108 cm³/mol. The highest BCUT2D eigenvalue weighted by atomic mass is 32.2. The highest BCUT2D eigenvalue weighted by Gasteiger charge is 2.24. The summed E-state index contributed by atoms with van der Waals surface area (Å²) in [5.74, 6) is 0.458. The molecule has 0 saturated carbocycles. The van der Waals surface area contributed by atoms with Crippen molar-refractivity contribution in [3.05, 3.63) is 59.7 Å². The quantitative estimate of drug-likeness (QED) is 0.805. The third-order valence-corrected chi connectivity index (χ3v) is 6.88.